The van der Waals surface area contributed by atoms with Crippen LogP contribution in [-0.2, 0) is 39.9 Å². The minimum absolute atomic E-state index is 0.0720. The zero-order valence-corrected chi connectivity index (χ0v) is 27.2. The molecule has 258 valence electrons. The maximum absolute atomic E-state index is 13.9. The number of benzene rings is 1. The quantitative estimate of drug-likeness (QED) is 0.142. The molecule has 1 saturated heterocycles. The highest BCUT2D eigenvalue weighted by Crippen LogP contribution is 2.24. The maximum atomic E-state index is 13.9. The van der Waals surface area contributed by atoms with Gasteiger partial charge < -0.3 is 51.3 Å². The molecule has 1 aromatic carbocycles. The summed E-state index contributed by atoms with van der Waals surface area (Å²) in [5, 5.41) is 28.6. The summed E-state index contributed by atoms with van der Waals surface area (Å²) in [5.41, 5.74) is 5.87. The van der Waals surface area contributed by atoms with Crippen molar-refractivity contribution in [2.24, 2.45) is 5.73 Å². The first kappa shape index (κ1) is 36.8. The number of likely N-dealkylation sites (tertiary alicyclic amines) is 1. The van der Waals surface area contributed by atoms with Gasteiger partial charge in [0.05, 0.1) is 18.8 Å². The van der Waals surface area contributed by atoms with Crippen molar-refractivity contribution in [1.29, 1.82) is 0 Å². The Hall–Kier alpha value is -4.70. The van der Waals surface area contributed by atoms with Gasteiger partial charge in [-0.3, -0.25) is 24.0 Å². The molecular formula is C31H44N6O10. The molecule has 8 N–H and O–H groups in total. The molecule has 2 aromatic rings. The number of primary amides is 1. The SMILES string of the molecule is CC(=O)OC1CC(C(=O)NC(Cc2c[nH]c3ccccc23)C(=O)N[C@H](C(N)=O)[C@@H](C)O)N(C(=O)[C@@H](NC(=O)OC(C)(C)C)[C@@H](C)O)C1. The summed E-state index contributed by atoms with van der Waals surface area (Å²) >= 11 is 0. The number of carbonyl (C=O) groups is 6. The fraction of sp³-hybridized carbons (Fsp3) is 0.548. The van der Waals surface area contributed by atoms with Crippen LogP contribution in [0.5, 0.6) is 0 Å². The summed E-state index contributed by atoms with van der Waals surface area (Å²) in [4.78, 5) is 81.6. The predicted octanol–water partition coefficient (Wildman–Crippen LogP) is -0.647. The molecule has 1 aliphatic rings. The first-order chi connectivity index (χ1) is 21.9. The highest BCUT2D eigenvalue weighted by atomic mass is 16.6. The summed E-state index contributed by atoms with van der Waals surface area (Å²) in [6, 6.07) is 1.61. The number of aliphatic hydroxyl groups is 2. The zero-order valence-electron chi connectivity index (χ0n) is 27.2. The van der Waals surface area contributed by atoms with Gasteiger partial charge in [0.25, 0.3) is 0 Å². The lowest BCUT2D eigenvalue weighted by Gasteiger charge is -2.31. The lowest BCUT2D eigenvalue weighted by Crippen LogP contribution is -2.60. The number of aliphatic hydroxyl groups excluding tert-OH is 2. The third kappa shape index (κ3) is 9.89. The zero-order chi connectivity index (χ0) is 35.2. The van der Waals surface area contributed by atoms with Gasteiger partial charge in [-0.25, -0.2) is 4.79 Å². The van der Waals surface area contributed by atoms with E-state index >= 15 is 0 Å². The van der Waals surface area contributed by atoms with Gasteiger partial charge in [0.15, 0.2) is 0 Å². The molecule has 0 bridgehead atoms. The van der Waals surface area contributed by atoms with E-state index in [4.69, 9.17) is 15.2 Å². The molecule has 7 atom stereocenters. The van der Waals surface area contributed by atoms with Crippen LogP contribution in [-0.4, -0.2) is 110 Å². The van der Waals surface area contributed by atoms with Crippen LogP contribution in [0.25, 0.3) is 10.9 Å². The second-order valence-corrected chi connectivity index (χ2v) is 12.6. The molecule has 47 heavy (non-hydrogen) atoms. The molecule has 16 nitrogen and oxygen atoms in total. The van der Waals surface area contributed by atoms with E-state index in [1.54, 1.807) is 33.0 Å². The van der Waals surface area contributed by atoms with Crippen molar-refractivity contribution < 1.29 is 48.5 Å². The molecular weight excluding hydrogens is 616 g/mol. The van der Waals surface area contributed by atoms with Gasteiger partial charge in [0.1, 0.15) is 35.9 Å². The summed E-state index contributed by atoms with van der Waals surface area (Å²) in [5.74, 6) is -4.17. The standard InChI is InChI=1S/C31H44N6O10/c1-15(38)24(26(32)41)35-27(42)22(11-18-13-33-21-10-8-7-9-20(18)21)34-28(43)23-12-19(46-17(3)40)14-37(23)29(44)25(16(2)39)36-30(45)47-31(4,5)6/h7-10,13,15-16,19,22-25,33,38-39H,11-12,14H2,1-6H3,(H2,32,41)(H,34,43)(H,35,42)(H,36,45)/t15-,16-,19?,22?,23?,24+,25+/m1/s1. The second-order valence-electron chi connectivity index (χ2n) is 12.6. The number of amides is 5. The van der Waals surface area contributed by atoms with Crippen LogP contribution in [0.15, 0.2) is 30.5 Å². The van der Waals surface area contributed by atoms with Crippen LogP contribution in [0.1, 0.15) is 53.5 Å². The van der Waals surface area contributed by atoms with Crippen molar-refractivity contribution in [3.8, 4) is 0 Å². The van der Waals surface area contributed by atoms with Crippen LogP contribution < -0.4 is 21.7 Å². The third-order valence-electron chi connectivity index (χ3n) is 7.42. The fourth-order valence-electron chi connectivity index (χ4n) is 5.29. The number of nitrogens with one attached hydrogen (secondary N) is 4. The minimum Gasteiger partial charge on any atom is -0.461 e. The Kier molecular flexibility index (Phi) is 11.9. The second kappa shape index (κ2) is 15.3. The smallest absolute Gasteiger partial charge is 0.408 e. The van der Waals surface area contributed by atoms with Crippen LogP contribution in [0, 0.1) is 0 Å². The van der Waals surface area contributed by atoms with Crippen molar-refractivity contribution in [1.82, 2.24) is 25.8 Å². The van der Waals surface area contributed by atoms with Crippen LogP contribution in [0.3, 0.4) is 0 Å². The topological polar surface area (TPSA) is 242 Å². The van der Waals surface area contributed by atoms with E-state index < -0.39 is 83.8 Å². The Morgan fingerprint density at radius 3 is 2.23 bits per heavy atom. The Labute approximate surface area is 271 Å². The van der Waals surface area contributed by atoms with E-state index in [1.807, 2.05) is 18.2 Å². The molecule has 3 rings (SSSR count). The molecule has 0 radical (unpaired) electrons. The minimum atomic E-state index is -1.54. The summed E-state index contributed by atoms with van der Waals surface area (Å²) in [6.45, 7) is 8.31. The van der Waals surface area contributed by atoms with Gasteiger partial charge in [0, 0.05) is 36.9 Å². The normalized spacial score (nSPS) is 19.5. The molecule has 16 heteroatoms. The lowest BCUT2D eigenvalue weighted by atomic mass is 10.0. The molecule has 0 spiro atoms. The van der Waals surface area contributed by atoms with E-state index in [-0.39, 0.29) is 19.4 Å². The number of H-pyrrole nitrogens is 1. The monoisotopic (exact) mass is 660 g/mol. The molecule has 1 aromatic heterocycles. The van der Waals surface area contributed by atoms with E-state index in [0.717, 1.165) is 15.8 Å². The number of aromatic nitrogens is 1. The van der Waals surface area contributed by atoms with Gasteiger partial charge in [-0.2, -0.15) is 0 Å². The van der Waals surface area contributed by atoms with Crippen LogP contribution in [0.2, 0.25) is 0 Å². The maximum Gasteiger partial charge on any atom is 0.408 e. The van der Waals surface area contributed by atoms with Gasteiger partial charge >= 0.3 is 12.1 Å². The number of carbonyl (C=O) groups excluding carboxylic acids is 6. The Balaban J connectivity index is 1.93. The third-order valence-corrected chi connectivity index (χ3v) is 7.42. The Bertz CT molecular complexity index is 1480. The first-order valence-corrected chi connectivity index (χ1v) is 15.2. The molecule has 1 fully saturated rings. The summed E-state index contributed by atoms with van der Waals surface area (Å²) < 4.78 is 10.5. The van der Waals surface area contributed by atoms with Crippen molar-refractivity contribution in [2.75, 3.05) is 6.54 Å². The van der Waals surface area contributed by atoms with Crippen LogP contribution >= 0.6 is 0 Å². The molecule has 2 heterocycles. The average molecular weight is 661 g/mol. The van der Waals surface area contributed by atoms with Gasteiger partial charge in [-0.15, -0.1) is 0 Å². The Morgan fingerprint density at radius 2 is 1.66 bits per heavy atom. The number of hydrogen-bond acceptors (Lipinski definition) is 10. The number of fused-ring (bicyclic) bond motifs is 1. The van der Waals surface area contributed by atoms with Crippen molar-refractivity contribution in [3.05, 3.63) is 36.0 Å². The number of para-hydroxylation sites is 1. The Morgan fingerprint density at radius 1 is 1.02 bits per heavy atom. The highest BCUT2D eigenvalue weighted by Gasteiger charge is 2.45. The fourth-order valence-corrected chi connectivity index (χ4v) is 5.29. The molecule has 0 saturated carbocycles. The number of aromatic amines is 1. The molecule has 5 amide bonds. The van der Waals surface area contributed by atoms with Crippen molar-refractivity contribution >= 4 is 46.6 Å². The van der Waals surface area contributed by atoms with Gasteiger partial charge in [0.2, 0.25) is 23.6 Å². The predicted molar refractivity (Wildman–Crippen MR) is 167 cm³/mol. The summed E-state index contributed by atoms with van der Waals surface area (Å²) in [7, 11) is 0. The summed E-state index contributed by atoms with van der Waals surface area (Å²) in [6.07, 6.45) is -3.23. The number of nitrogens with two attached hydrogens (primary N) is 1. The number of ether oxygens (including phenoxy) is 2. The number of esters is 1. The van der Waals surface area contributed by atoms with E-state index in [0.29, 0.717) is 5.56 Å². The van der Waals surface area contributed by atoms with Gasteiger partial charge in [-0.1, -0.05) is 18.2 Å². The van der Waals surface area contributed by atoms with Crippen molar-refractivity contribution in [2.45, 2.75) is 102 Å². The number of alkyl carbamates (subject to hydrolysis) is 1. The average Bonchev–Trinajstić information content (AvgIpc) is 3.56. The molecule has 1 aliphatic heterocycles. The number of rotatable bonds is 12. The van der Waals surface area contributed by atoms with Crippen LogP contribution in [0.4, 0.5) is 4.79 Å². The number of nitrogens with zero attached hydrogens (tertiary/aromatic N) is 1. The largest absolute Gasteiger partial charge is 0.461 e. The molecule has 3 unspecified atom stereocenters. The van der Waals surface area contributed by atoms with E-state index in [9.17, 15) is 39.0 Å². The number of hydrogen-bond donors (Lipinski definition) is 7. The van der Waals surface area contributed by atoms with Gasteiger partial charge in [-0.05, 0) is 46.2 Å². The highest BCUT2D eigenvalue weighted by molar-refractivity contribution is 5.96. The van der Waals surface area contributed by atoms with E-state index in [1.165, 1.54) is 20.8 Å². The molecule has 0 aliphatic carbocycles. The lowest BCUT2D eigenvalue weighted by molar-refractivity contribution is -0.147. The first-order valence-electron chi connectivity index (χ1n) is 15.2. The van der Waals surface area contributed by atoms with Crippen molar-refractivity contribution in [3.63, 3.8) is 0 Å². The van der Waals surface area contributed by atoms with E-state index in [2.05, 4.69) is 20.9 Å².